The molecule has 0 aliphatic carbocycles. The third-order valence-electron chi connectivity index (χ3n) is 3.85. The van der Waals surface area contributed by atoms with Crippen LogP contribution in [0.1, 0.15) is 37.8 Å². The van der Waals surface area contributed by atoms with Crippen LogP contribution in [0.25, 0.3) is 0 Å². The highest BCUT2D eigenvalue weighted by Gasteiger charge is 2.38. The monoisotopic (exact) mass is 303 g/mol. The Morgan fingerprint density at radius 1 is 1.33 bits per heavy atom. The van der Waals surface area contributed by atoms with Crippen molar-refractivity contribution in [2.75, 3.05) is 7.11 Å². The number of ether oxygens (including phenoxy) is 1. The highest BCUT2D eigenvalue weighted by molar-refractivity contribution is 5.71. The van der Waals surface area contributed by atoms with Crippen LogP contribution < -0.4 is 5.73 Å². The predicted molar refractivity (Wildman–Crippen MR) is 73.7 cm³/mol. The molecule has 0 spiro atoms. The van der Waals surface area contributed by atoms with Crippen LogP contribution in [0.2, 0.25) is 0 Å². The fourth-order valence-corrected chi connectivity index (χ4v) is 2.32. The van der Waals surface area contributed by atoms with Crippen LogP contribution in [0.4, 0.5) is 13.2 Å². The van der Waals surface area contributed by atoms with Crippen LogP contribution in [0.5, 0.6) is 0 Å². The molecule has 0 saturated heterocycles. The van der Waals surface area contributed by atoms with Crippen molar-refractivity contribution in [2.24, 2.45) is 5.73 Å². The van der Waals surface area contributed by atoms with Gasteiger partial charge in [0.1, 0.15) is 0 Å². The lowest BCUT2D eigenvalue weighted by Gasteiger charge is -2.35. The van der Waals surface area contributed by atoms with Gasteiger partial charge in [-0.15, -0.1) is 0 Å². The van der Waals surface area contributed by atoms with Crippen molar-refractivity contribution in [3.63, 3.8) is 0 Å². The summed E-state index contributed by atoms with van der Waals surface area (Å²) in [6.45, 7) is 3.52. The van der Waals surface area contributed by atoms with E-state index in [0.717, 1.165) is 12.1 Å². The van der Waals surface area contributed by atoms with E-state index in [1.165, 1.54) is 13.2 Å². The average Bonchev–Trinajstić information content (AvgIpc) is 2.45. The van der Waals surface area contributed by atoms with E-state index in [2.05, 4.69) is 4.74 Å². The first-order valence-electron chi connectivity index (χ1n) is 6.65. The molecule has 6 heteroatoms. The van der Waals surface area contributed by atoms with Gasteiger partial charge in [0.05, 0.1) is 19.1 Å². The third-order valence-corrected chi connectivity index (χ3v) is 3.85. The number of alkyl halides is 3. The molecule has 0 aromatic heterocycles. The van der Waals surface area contributed by atoms with Crippen molar-refractivity contribution >= 4 is 5.97 Å². The Morgan fingerprint density at radius 3 is 2.38 bits per heavy atom. The lowest BCUT2D eigenvalue weighted by atomic mass is 9.72. The second-order valence-electron chi connectivity index (χ2n) is 5.26. The summed E-state index contributed by atoms with van der Waals surface area (Å²) in [6.07, 6.45) is -3.97. The molecule has 0 radical (unpaired) electrons. The molecule has 1 aromatic carbocycles. The van der Waals surface area contributed by atoms with Gasteiger partial charge in [-0.05, 0) is 18.1 Å². The minimum atomic E-state index is -4.43. The zero-order valence-electron chi connectivity index (χ0n) is 12.3. The summed E-state index contributed by atoms with van der Waals surface area (Å²) in [6, 6.07) is 4.49. The number of benzene rings is 1. The summed E-state index contributed by atoms with van der Waals surface area (Å²) >= 11 is 0. The number of carbonyl (C=O) groups is 1. The molecule has 1 rings (SSSR count). The molecule has 2 atom stereocenters. The summed E-state index contributed by atoms with van der Waals surface area (Å²) in [5, 5.41) is 0. The number of carbonyl (C=O) groups excluding carboxylic acids is 1. The molecule has 1 aromatic rings. The van der Waals surface area contributed by atoms with Gasteiger partial charge in [-0.1, -0.05) is 32.0 Å². The van der Waals surface area contributed by atoms with Crippen molar-refractivity contribution in [3.05, 3.63) is 35.4 Å². The standard InChI is InChI=1S/C15H20F3NO2/c1-4-12(19)14(2,9-13(20)21-3)10-6-5-7-11(8-10)15(16,17)18/h5-8,12H,4,9,19H2,1-3H3. The molecular weight excluding hydrogens is 283 g/mol. The van der Waals surface area contributed by atoms with Gasteiger partial charge in [0.2, 0.25) is 0 Å². The van der Waals surface area contributed by atoms with E-state index in [0.29, 0.717) is 12.0 Å². The molecular formula is C15H20F3NO2. The summed E-state index contributed by atoms with van der Waals surface area (Å²) in [5.74, 6) is -0.501. The maximum absolute atomic E-state index is 12.8. The molecule has 0 aliphatic rings. The molecule has 118 valence electrons. The fraction of sp³-hybridized carbons (Fsp3) is 0.533. The maximum Gasteiger partial charge on any atom is 0.416 e. The van der Waals surface area contributed by atoms with Gasteiger partial charge < -0.3 is 10.5 Å². The highest BCUT2D eigenvalue weighted by atomic mass is 19.4. The maximum atomic E-state index is 12.8. The summed E-state index contributed by atoms with van der Waals surface area (Å²) in [5.41, 5.74) is 4.78. The lowest BCUT2D eigenvalue weighted by molar-refractivity contribution is -0.142. The quantitative estimate of drug-likeness (QED) is 0.849. The molecule has 0 bridgehead atoms. The molecule has 0 fully saturated rings. The topological polar surface area (TPSA) is 52.3 Å². The summed E-state index contributed by atoms with van der Waals surface area (Å²) in [7, 11) is 1.24. The van der Waals surface area contributed by atoms with Gasteiger partial charge in [-0.25, -0.2) is 0 Å². The molecule has 2 unspecified atom stereocenters. The van der Waals surface area contributed by atoms with E-state index >= 15 is 0 Å². The second kappa shape index (κ2) is 6.47. The molecule has 2 N–H and O–H groups in total. The third kappa shape index (κ3) is 3.97. The summed E-state index contributed by atoms with van der Waals surface area (Å²) in [4.78, 5) is 11.6. The first-order chi connectivity index (χ1) is 9.65. The molecule has 0 amide bonds. The zero-order chi connectivity index (χ0) is 16.3. The second-order valence-corrected chi connectivity index (χ2v) is 5.26. The Morgan fingerprint density at radius 2 is 1.90 bits per heavy atom. The van der Waals surface area contributed by atoms with E-state index in [-0.39, 0.29) is 6.42 Å². The van der Waals surface area contributed by atoms with Crippen molar-refractivity contribution < 1.29 is 22.7 Å². The average molecular weight is 303 g/mol. The first-order valence-corrected chi connectivity index (χ1v) is 6.65. The number of hydrogen-bond donors (Lipinski definition) is 1. The van der Waals surface area contributed by atoms with Gasteiger partial charge in [0.15, 0.2) is 0 Å². The number of esters is 1. The van der Waals surface area contributed by atoms with Crippen molar-refractivity contribution in [3.8, 4) is 0 Å². The Kier molecular flexibility index (Phi) is 5.39. The summed E-state index contributed by atoms with van der Waals surface area (Å²) < 4.78 is 43.2. The van der Waals surface area contributed by atoms with E-state index in [1.807, 2.05) is 6.92 Å². The zero-order valence-corrected chi connectivity index (χ0v) is 12.3. The van der Waals surface area contributed by atoms with Crippen molar-refractivity contribution in [1.82, 2.24) is 0 Å². The minimum absolute atomic E-state index is 0.0696. The molecule has 3 nitrogen and oxygen atoms in total. The SMILES string of the molecule is CCC(N)C(C)(CC(=O)OC)c1cccc(C(F)(F)F)c1. The van der Waals surface area contributed by atoms with Gasteiger partial charge in [0.25, 0.3) is 0 Å². The smallest absolute Gasteiger partial charge is 0.416 e. The molecule has 0 saturated carbocycles. The van der Waals surface area contributed by atoms with Crippen LogP contribution in [0.15, 0.2) is 24.3 Å². The normalized spacial score (nSPS) is 16.1. The van der Waals surface area contributed by atoms with Gasteiger partial charge in [-0.2, -0.15) is 13.2 Å². The molecule has 0 aliphatic heterocycles. The molecule has 0 heterocycles. The van der Waals surface area contributed by atoms with Gasteiger partial charge >= 0.3 is 12.1 Å². The van der Waals surface area contributed by atoms with Crippen LogP contribution in [0.3, 0.4) is 0 Å². The van der Waals surface area contributed by atoms with E-state index in [9.17, 15) is 18.0 Å². The lowest BCUT2D eigenvalue weighted by Crippen LogP contribution is -2.44. The fourth-order valence-electron chi connectivity index (χ4n) is 2.32. The van der Waals surface area contributed by atoms with Gasteiger partial charge in [0, 0.05) is 11.5 Å². The largest absolute Gasteiger partial charge is 0.469 e. The van der Waals surface area contributed by atoms with E-state index in [4.69, 9.17) is 5.73 Å². The van der Waals surface area contributed by atoms with Crippen LogP contribution in [0, 0.1) is 0 Å². The number of methoxy groups -OCH3 is 1. The Hall–Kier alpha value is -1.56. The Balaban J connectivity index is 3.30. The first kappa shape index (κ1) is 17.5. The number of halogens is 3. The Labute approximate surface area is 122 Å². The van der Waals surface area contributed by atoms with Crippen LogP contribution in [-0.2, 0) is 21.1 Å². The predicted octanol–water partition coefficient (Wildman–Crippen LogP) is 3.26. The number of nitrogens with two attached hydrogens (primary N) is 1. The van der Waals surface area contributed by atoms with Gasteiger partial charge in [-0.3, -0.25) is 4.79 Å². The van der Waals surface area contributed by atoms with Crippen molar-refractivity contribution in [2.45, 2.75) is 44.3 Å². The number of rotatable bonds is 5. The highest BCUT2D eigenvalue weighted by Crippen LogP contribution is 2.36. The molecule has 21 heavy (non-hydrogen) atoms. The van der Waals surface area contributed by atoms with Crippen LogP contribution >= 0.6 is 0 Å². The van der Waals surface area contributed by atoms with E-state index in [1.54, 1.807) is 13.0 Å². The minimum Gasteiger partial charge on any atom is -0.469 e. The van der Waals surface area contributed by atoms with Crippen molar-refractivity contribution in [1.29, 1.82) is 0 Å². The van der Waals surface area contributed by atoms with Crippen LogP contribution in [-0.4, -0.2) is 19.1 Å². The Bertz CT molecular complexity index is 502. The number of hydrogen-bond acceptors (Lipinski definition) is 3. The van der Waals surface area contributed by atoms with E-state index < -0.39 is 29.2 Å².